The lowest BCUT2D eigenvalue weighted by Crippen LogP contribution is -2.29. The fraction of sp³-hybridized carbons (Fsp3) is 0.143. The molecule has 31 heavy (non-hydrogen) atoms. The van der Waals surface area contributed by atoms with Crippen molar-refractivity contribution >= 4 is 17.1 Å². The van der Waals surface area contributed by atoms with Gasteiger partial charge in [0.15, 0.2) is 11.5 Å². The van der Waals surface area contributed by atoms with Crippen LogP contribution >= 0.6 is 0 Å². The number of hydrogen-bond acceptors (Lipinski definition) is 3. The molecule has 0 aliphatic carbocycles. The van der Waals surface area contributed by atoms with E-state index in [-0.39, 0.29) is 0 Å². The third kappa shape index (κ3) is 3.75. The number of nitrogens with zero attached hydrogens (tertiary/aromatic N) is 1. The summed E-state index contributed by atoms with van der Waals surface area (Å²) in [5.41, 5.74) is 6.89. The van der Waals surface area contributed by atoms with E-state index < -0.39 is 5.79 Å². The first-order chi connectivity index (χ1) is 15.0. The van der Waals surface area contributed by atoms with Crippen molar-refractivity contribution in [1.29, 1.82) is 0 Å². The van der Waals surface area contributed by atoms with E-state index in [0.717, 1.165) is 34.1 Å². The Hall–Kier alpha value is -3.72. The summed E-state index contributed by atoms with van der Waals surface area (Å²) >= 11 is 0. The Morgan fingerprint density at radius 2 is 1.23 bits per heavy atom. The number of hydrogen-bond donors (Lipinski definition) is 0. The van der Waals surface area contributed by atoms with Crippen LogP contribution in [0, 0.1) is 6.92 Å². The highest BCUT2D eigenvalue weighted by molar-refractivity contribution is 5.80. The van der Waals surface area contributed by atoms with Crippen molar-refractivity contribution in [2.24, 2.45) is 0 Å². The second kappa shape index (κ2) is 7.51. The van der Waals surface area contributed by atoms with Crippen molar-refractivity contribution in [1.82, 2.24) is 0 Å². The molecule has 5 rings (SSSR count). The Kier molecular flexibility index (Phi) is 4.67. The van der Waals surface area contributed by atoms with Crippen LogP contribution < -0.4 is 14.4 Å². The van der Waals surface area contributed by atoms with Crippen LogP contribution in [-0.2, 0) is 0 Å². The lowest BCUT2D eigenvalue weighted by Gasteiger charge is -2.26. The lowest BCUT2D eigenvalue weighted by atomic mass is 9.99. The fourth-order valence-electron chi connectivity index (χ4n) is 4.10. The van der Waals surface area contributed by atoms with Gasteiger partial charge in [-0.25, -0.2) is 0 Å². The van der Waals surface area contributed by atoms with Gasteiger partial charge in [-0.3, -0.25) is 0 Å². The standard InChI is InChI=1S/C28H25NO2/c1-20-18-24(29(22-10-6-4-7-11-22)23-12-8-5-9-13-23)15-16-25(20)21-14-17-26-27(19-21)31-28(2,3)30-26/h4-19H,1-3H3. The SMILES string of the molecule is Cc1cc(N(c2ccccc2)c2ccccc2)ccc1-c1ccc2c(c1)OC(C)(C)O2. The van der Waals surface area contributed by atoms with Gasteiger partial charge in [-0.1, -0.05) is 48.5 Å². The molecular formula is C28H25NO2. The second-order valence-electron chi connectivity index (χ2n) is 8.27. The molecule has 4 aromatic carbocycles. The molecule has 3 heteroatoms. The van der Waals surface area contributed by atoms with Gasteiger partial charge in [0, 0.05) is 30.9 Å². The Morgan fingerprint density at radius 1 is 0.613 bits per heavy atom. The smallest absolute Gasteiger partial charge is 0.246 e. The van der Waals surface area contributed by atoms with Gasteiger partial charge in [-0.15, -0.1) is 0 Å². The number of anilines is 3. The molecule has 3 nitrogen and oxygen atoms in total. The maximum absolute atomic E-state index is 5.94. The second-order valence-corrected chi connectivity index (χ2v) is 8.27. The average molecular weight is 408 g/mol. The van der Waals surface area contributed by atoms with Crippen LogP contribution in [-0.4, -0.2) is 5.79 Å². The van der Waals surface area contributed by atoms with E-state index in [1.54, 1.807) is 0 Å². The zero-order valence-corrected chi connectivity index (χ0v) is 18.0. The van der Waals surface area contributed by atoms with E-state index in [4.69, 9.17) is 9.47 Å². The summed E-state index contributed by atoms with van der Waals surface area (Å²) in [4.78, 5) is 2.28. The van der Waals surface area contributed by atoms with Crippen LogP contribution in [0.5, 0.6) is 11.5 Å². The van der Waals surface area contributed by atoms with Crippen molar-refractivity contribution in [3.8, 4) is 22.6 Å². The van der Waals surface area contributed by atoms with Crippen LogP contribution in [0.1, 0.15) is 19.4 Å². The Morgan fingerprint density at radius 3 is 1.84 bits per heavy atom. The minimum absolute atomic E-state index is 0.619. The molecule has 0 radical (unpaired) electrons. The lowest BCUT2D eigenvalue weighted by molar-refractivity contribution is -0.0431. The summed E-state index contributed by atoms with van der Waals surface area (Å²) in [5.74, 6) is 0.967. The van der Waals surface area contributed by atoms with Crippen molar-refractivity contribution in [2.75, 3.05) is 4.90 Å². The molecular weight excluding hydrogens is 382 g/mol. The molecule has 0 atom stereocenters. The van der Waals surface area contributed by atoms with E-state index in [1.165, 1.54) is 11.1 Å². The normalized spacial score (nSPS) is 13.8. The molecule has 0 spiro atoms. The summed E-state index contributed by atoms with van der Waals surface area (Å²) in [5, 5.41) is 0. The minimum Gasteiger partial charge on any atom is -0.449 e. The molecule has 1 aliphatic heterocycles. The van der Waals surface area contributed by atoms with Crippen LogP contribution in [0.4, 0.5) is 17.1 Å². The highest BCUT2D eigenvalue weighted by Gasteiger charge is 2.31. The maximum Gasteiger partial charge on any atom is 0.246 e. The first-order valence-corrected chi connectivity index (χ1v) is 10.5. The third-order valence-corrected chi connectivity index (χ3v) is 5.46. The summed E-state index contributed by atoms with van der Waals surface area (Å²) in [7, 11) is 0. The van der Waals surface area contributed by atoms with Gasteiger partial charge >= 0.3 is 0 Å². The molecule has 0 aromatic heterocycles. The zero-order chi connectivity index (χ0) is 21.4. The Labute approximate surface area is 183 Å². The molecule has 0 bridgehead atoms. The van der Waals surface area contributed by atoms with Gasteiger partial charge in [0.2, 0.25) is 5.79 Å². The van der Waals surface area contributed by atoms with Gasteiger partial charge in [0.05, 0.1) is 0 Å². The van der Waals surface area contributed by atoms with E-state index in [1.807, 2.05) is 32.0 Å². The highest BCUT2D eigenvalue weighted by Crippen LogP contribution is 2.43. The molecule has 0 N–H and O–H groups in total. The highest BCUT2D eigenvalue weighted by atomic mass is 16.7. The number of aryl methyl sites for hydroxylation is 1. The van der Waals surface area contributed by atoms with Gasteiger partial charge in [-0.05, 0) is 72.1 Å². The van der Waals surface area contributed by atoms with Gasteiger partial charge in [-0.2, -0.15) is 0 Å². The first-order valence-electron chi connectivity index (χ1n) is 10.5. The largest absolute Gasteiger partial charge is 0.449 e. The van der Waals surface area contributed by atoms with Gasteiger partial charge in [0.1, 0.15) is 0 Å². The van der Waals surface area contributed by atoms with E-state index in [0.29, 0.717) is 0 Å². The maximum atomic E-state index is 5.94. The monoisotopic (exact) mass is 407 g/mol. The molecule has 0 saturated carbocycles. The summed E-state index contributed by atoms with van der Waals surface area (Å²) in [6.45, 7) is 6.00. The summed E-state index contributed by atoms with van der Waals surface area (Å²) < 4.78 is 11.8. The Bertz CT molecular complexity index is 1180. The molecule has 1 heterocycles. The summed E-state index contributed by atoms with van der Waals surface area (Å²) in [6, 6.07) is 33.7. The summed E-state index contributed by atoms with van der Waals surface area (Å²) in [6.07, 6.45) is 0. The van der Waals surface area contributed by atoms with E-state index in [2.05, 4.69) is 90.7 Å². The number of benzene rings is 4. The molecule has 4 aromatic rings. The van der Waals surface area contributed by atoms with Gasteiger partial charge in [0.25, 0.3) is 0 Å². The van der Waals surface area contributed by atoms with E-state index >= 15 is 0 Å². The van der Waals surface area contributed by atoms with Crippen LogP contribution in [0.3, 0.4) is 0 Å². The molecule has 154 valence electrons. The molecule has 0 amide bonds. The van der Waals surface area contributed by atoms with Crippen molar-refractivity contribution < 1.29 is 9.47 Å². The van der Waals surface area contributed by atoms with E-state index in [9.17, 15) is 0 Å². The molecule has 0 saturated heterocycles. The number of rotatable bonds is 4. The predicted molar refractivity (Wildman–Crippen MR) is 127 cm³/mol. The van der Waals surface area contributed by atoms with Crippen LogP contribution in [0.15, 0.2) is 97.1 Å². The number of fused-ring (bicyclic) bond motifs is 1. The minimum atomic E-state index is -0.619. The average Bonchev–Trinajstić information content (AvgIpc) is 3.08. The van der Waals surface area contributed by atoms with Gasteiger partial charge < -0.3 is 14.4 Å². The molecule has 0 unspecified atom stereocenters. The van der Waals surface area contributed by atoms with Crippen molar-refractivity contribution in [2.45, 2.75) is 26.6 Å². The first kappa shape index (κ1) is 19.3. The quantitative estimate of drug-likeness (QED) is 0.347. The van der Waals surface area contributed by atoms with Crippen LogP contribution in [0.2, 0.25) is 0 Å². The van der Waals surface area contributed by atoms with Crippen LogP contribution in [0.25, 0.3) is 11.1 Å². The number of ether oxygens (including phenoxy) is 2. The Balaban J connectivity index is 1.54. The van der Waals surface area contributed by atoms with Crippen molar-refractivity contribution in [3.63, 3.8) is 0 Å². The zero-order valence-electron chi connectivity index (χ0n) is 18.0. The topological polar surface area (TPSA) is 21.7 Å². The molecule has 1 aliphatic rings. The third-order valence-electron chi connectivity index (χ3n) is 5.46. The predicted octanol–water partition coefficient (Wildman–Crippen LogP) is 7.64. The number of para-hydroxylation sites is 2. The van der Waals surface area contributed by atoms with Crippen molar-refractivity contribution in [3.05, 3.63) is 103 Å². The fourth-order valence-corrected chi connectivity index (χ4v) is 4.10. The molecule has 0 fully saturated rings.